The van der Waals surface area contributed by atoms with E-state index in [1.54, 1.807) is 0 Å². The Bertz CT molecular complexity index is 1180. The third kappa shape index (κ3) is 5.73. The lowest BCUT2D eigenvalue weighted by Crippen LogP contribution is -2.45. The van der Waals surface area contributed by atoms with Crippen LogP contribution in [0.2, 0.25) is 10.0 Å². The van der Waals surface area contributed by atoms with Gasteiger partial charge in [0, 0.05) is 37.7 Å². The molecule has 0 bridgehead atoms. The summed E-state index contributed by atoms with van der Waals surface area (Å²) >= 11 is 12.2. The van der Waals surface area contributed by atoms with Gasteiger partial charge in [-0.25, -0.2) is 0 Å². The first-order valence-corrected chi connectivity index (χ1v) is 13.4. The molecule has 2 aromatic heterocycles. The number of fused-ring (bicyclic) bond motifs is 1. The maximum Gasteiger partial charge on any atom is 0.254 e. The Labute approximate surface area is 222 Å². The highest BCUT2D eigenvalue weighted by Crippen LogP contribution is 2.36. The van der Waals surface area contributed by atoms with Gasteiger partial charge < -0.3 is 10.6 Å². The molecule has 1 aliphatic carbocycles. The first-order chi connectivity index (χ1) is 17.6. The first-order valence-electron chi connectivity index (χ1n) is 12.7. The van der Waals surface area contributed by atoms with Crippen molar-refractivity contribution < 1.29 is 4.79 Å². The van der Waals surface area contributed by atoms with Crippen LogP contribution >= 0.6 is 23.2 Å². The Balaban J connectivity index is 1.29. The molecule has 2 N–H and O–H groups in total. The normalized spacial score (nSPS) is 18.1. The summed E-state index contributed by atoms with van der Waals surface area (Å²) < 4.78 is 0. The van der Waals surface area contributed by atoms with Gasteiger partial charge in [-0.05, 0) is 68.0 Å². The van der Waals surface area contributed by atoms with E-state index in [2.05, 4.69) is 56.9 Å². The van der Waals surface area contributed by atoms with Crippen molar-refractivity contribution in [1.82, 2.24) is 25.5 Å². The number of carbonyl (C=O) groups is 1. The van der Waals surface area contributed by atoms with Crippen molar-refractivity contribution in [1.29, 1.82) is 0 Å². The van der Waals surface area contributed by atoms with E-state index in [1.807, 2.05) is 6.20 Å². The van der Waals surface area contributed by atoms with Crippen molar-refractivity contribution in [3.63, 3.8) is 0 Å². The zero-order chi connectivity index (χ0) is 24.9. The molecule has 1 fully saturated rings. The van der Waals surface area contributed by atoms with Gasteiger partial charge in [0.05, 0.1) is 27.3 Å². The summed E-state index contributed by atoms with van der Waals surface area (Å²) in [5.74, 6) is -0.308. The Morgan fingerprint density at radius 3 is 2.50 bits per heavy atom. The van der Waals surface area contributed by atoms with E-state index in [0.717, 1.165) is 50.9 Å². The van der Waals surface area contributed by atoms with Crippen LogP contribution in [-0.2, 0) is 19.5 Å². The van der Waals surface area contributed by atoms with Crippen LogP contribution < -0.4 is 10.6 Å². The van der Waals surface area contributed by atoms with Gasteiger partial charge in [0.25, 0.3) is 5.91 Å². The van der Waals surface area contributed by atoms with Gasteiger partial charge in [0.1, 0.15) is 0 Å². The summed E-state index contributed by atoms with van der Waals surface area (Å²) in [6, 6.07) is 13.7. The number of nitrogens with one attached hydrogen (secondary N) is 2. The van der Waals surface area contributed by atoms with E-state index in [1.165, 1.54) is 35.6 Å². The van der Waals surface area contributed by atoms with Crippen LogP contribution in [0.15, 0.2) is 55.0 Å². The number of benzene rings is 1. The molecule has 8 heteroatoms. The van der Waals surface area contributed by atoms with E-state index in [-0.39, 0.29) is 21.5 Å². The number of carbonyl (C=O) groups excluding carboxylic acids is 1. The predicted molar refractivity (Wildman–Crippen MR) is 143 cm³/mol. The van der Waals surface area contributed by atoms with Gasteiger partial charge in [0.15, 0.2) is 0 Å². The van der Waals surface area contributed by atoms with Crippen molar-refractivity contribution in [2.75, 3.05) is 13.1 Å². The summed E-state index contributed by atoms with van der Waals surface area (Å²) in [5.41, 5.74) is 5.20. The maximum atomic E-state index is 12.6. The highest BCUT2D eigenvalue weighted by Gasteiger charge is 2.32. The minimum absolute atomic E-state index is 0.243. The molecule has 1 amide bonds. The minimum Gasteiger partial charge on any atom is -0.348 e. The van der Waals surface area contributed by atoms with E-state index in [9.17, 15) is 4.79 Å². The van der Waals surface area contributed by atoms with Crippen LogP contribution in [0.5, 0.6) is 0 Å². The summed E-state index contributed by atoms with van der Waals surface area (Å²) in [7, 11) is 0. The number of piperidine rings is 1. The summed E-state index contributed by atoms with van der Waals surface area (Å²) in [5, 5.41) is 6.90. The molecule has 6 nitrogen and oxygen atoms in total. The number of aromatic nitrogens is 2. The van der Waals surface area contributed by atoms with Crippen molar-refractivity contribution in [3.8, 4) is 0 Å². The van der Waals surface area contributed by atoms with Gasteiger partial charge in [-0.1, -0.05) is 53.5 Å². The smallest absolute Gasteiger partial charge is 0.254 e. The second-order valence-electron chi connectivity index (χ2n) is 9.59. The van der Waals surface area contributed by atoms with Gasteiger partial charge in [-0.15, -0.1) is 0 Å². The zero-order valence-corrected chi connectivity index (χ0v) is 21.7. The lowest BCUT2D eigenvalue weighted by Gasteiger charge is -2.42. The third-order valence-electron chi connectivity index (χ3n) is 7.27. The fraction of sp³-hybridized carbons (Fsp3) is 0.393. The Morgan fingerprint density at radius 2 is 1.75 bits per heavy atom. The maximum absolute atomic E-state index is 12.6. The average Bonchev–Trinajstić information content (AvgIpc) is 2.91. The SMILES string of the molecule is O=C(NCc1ccc(CN(C2CCNCC2)C2CCCc3cccnc32)cc1)c1c(Cl)cncc1Cl. The highest BCUT2D eigenvalue weighted by molar-refractivity contribution is 6.39. The van der Waals surface area contributed by atoms with Crippen LogP contribution in [0.3, 0.4) is 0 Å². The molecule has 0 spiro atoms. The monoisotopic (exact) mass is 523 g/mol. The topological polar surface area (TPSA) is 70.2 Å². The largest absolute Gasteiger partial charge is 0.348 e. The molecule has 1 aromatic carbocycles. The second-order valence-corrected chi connectivity index (χ2v) is 10.4. The van der Waals surface area contributed by atoms with Gasteiger partial charge in [-0.3, -0.25) is 19.7 Å². The third-order valence-corrected chi connectivity index (χ3v) is 7.84. The fourth-order valence-electron chi connectivity index (χ4n) is 5.41. The highest BCUT2D eigenvalue weighted by atomic mass is 35.5. The van der Waals surface area contributed by atoms with Gasteiger partial charge in [0.2, 0.25) is 0 Å². The standard InChI is InChI=1S/C28H31Cl2N5O/c29-23-16-32-17-24(30)26(23)28(36)34-15-19-6-8-20(9-7-19)18-35(22-10-13-31-14-11-22)25-5-1-3-21-4-2-12-33-27(21)25/h2,4,6-9,12,16-17,22,25,31H,1,3,5,10-11,13-15,18H2,(H,34,36). The van der Waals surface area contributed by atoms with Crippen LogP contribution in [0.4, 0.5) is 0 Å². The molecule has 0 saturated carbocycles. The zero-order valence-electron chi connectivity index (χ0n) is 20.2. The predicted octanol–water partition coefficient (Wildman–Crippen LogP) is 5.35. The number of nitrogens with zero attached hydrogens (tertiary/aromatic N) is 3. The molecule has 1 saturated heterocycles. The number of hydrogen-bond acceptors (Lipinski definition) is 5. The molecule has 188 valence electrons. The minimum atomic E-state index is -0.308. The molecular formula is C28H31Cl2N5O. The van der Waals surface area contributed by atoms with Crippen LogP contribution in [0.1, 0.15) is 64.5 Å². The molecule has 0 radical (unpaired) electrons. The lowest BCUT2D eigenvalue weighted by atomic mass is 9.88. The lowest BCUT2D eigenvalue weighted by molar-refractivity contribution is 0.0861. The van der Waals surface area contributed by atoms with E-state index in [4.69, 9.17) is 28.2 Å². The number of amides is 1. The average molecular weight is 524 g/mol. The molecular weight excluding hydrogens is 493 g/mol. The van der Waals surface area contributed by atoms with Crippen molar-refractivity contribution in [2.45, 2.75) is 57.3 Å². The van der Waals surface area contributed by atoms with Gasteiger partial charge >= 0.3 is 0 Å². The van der Waals surface area contributed by atoms with Crippen LogP contribution in [0, 0.1) is 0 Å². The molecule has 3 aromatic rings. The van der Waals surface area contributed by atoms with Crippen molar-refractivity contribution in [3.05, 3.63) is 93.0 Å². The van der Waals surface area contributed by atoms with E-state index in [0.29, 0.717) is 18.6 Å². The summed E-state index contributed by atoms with van der Waals surface area (Å²) in [4.78, 5) is 24.0. The number of hydrogen-bond donors (Lipinski definition) is 2. The molecule has 3 heterocycles. The van der Waals surface area contributed by atoms with E-state index < -0.39 is 0 Å². The van der Waals surface area contributed by atoms with E-state index >= 15 is 0 Å². The number of aryl methyl sites for hydroxylation is 1. The van der Waals surface area contributed by atoms with Crippen LogP contribution in [-0.4, -0.2) is 39.9 Å². The van der Waals surface area contributed by atoms with Crippen molar-refractivity contribution in [2.24, 2.45) is 0 Å². The first kappa shape index (κ1) is 25.2. The second kappa shape index (κ2) is 11.7. The molecule has 1 aliphatic heterocycles. The number of pyridine rings is 2. The number of rotatable bonds is 7. The van der Waals surface area contributed by atoms with Crippen molar-refractivity contribution >= 4 is 29.1 Å². The Morgan fingerprint density at radius 1 is 1.03 bits per heavy atom. The molecule has 1 unspecified atom stereocenters. The Hall–Kier alpha value is -2.51. The summed E-state index contributed by atoms with van der Waals surface area (Å²) in [6.07, 6.45) is 10.6. The molecule has 1 atom stereocenters. The molecule has 5 rings (SSSR count). The molecule has 36 heavy (non-hydrogen) atoms. The number of halogens is 2. The van der Waals surface area contributed by atoms with Gasteiger partial charge in [-0.2, -0.15) is 0 Å². The quantitative estimate of drug-likeness (QED) is 0.437. The fourth-order valence-corrected chi connectivity index (χ4v) is 5.95. The molecule has 2 aliphatic rings. The summed E-state index contributed by atoms with van der Waals surface area (Å²) in [6.45, 7) is 3.41. The van der Waals surface area contributed by atoms with Crippen LogP contribution in [0.25, 0.3) is 0 Å². The Kier molecular flexibility index (Phi) is 8.17.